The number of benzene rings is 1. The van der Waals surface area contributed by atoms with Gasteiger partial charge in [0.25, 0.3) is 0 Å². The van der Waals surface area contributed by atoms with Gasteiger partial charge < -0.3 is 4.74 Å². The van der Waals surface area contributed by atoms with Crippen molar-refractivity contribution in [3.05, 3.63) is 66.0 Å². The van der Waals surface area contributed by atoms with Crippen molar-refractivity contribution < 1.29 is 9.53 Å². The van der Waals surface area contributed by atoms with Crippen LogP contribution < -0.4 is 0 Å². The lowest BCUT2D eigenvalue weighted by Crippen LogP contribution is -2.35. The molecule has 4 nitrogen and oxygen atoms in total. The molecule has 1 saturated heterocycles. The Morgan fingerprint density at radius 2 is 2.07 bits per heavy atom. The van der Waals surface area contributed by atoms with Gasteiger partial charge in [0.1, 0.15) is 0 Å². The summed E-state index contributed by atoms with van der Waals surface area (Å²) in [6.45, 7) is 5.01. The summed E-state index contributed by atoms with van der Waals surface area (Å²) in [7, 11) is 0. The monoisotopic (exact) mass is 376 g/mol. The van der Waals surface area contributed by atoms with Gasteiger partial charge in [-0.05, 0) is 43.5 Å². The molecule has 1 aliphatic heterocycles. The minimum absolute atomic E-state index is 0.307. The highest BCUT2D eigenvalue weighted by molar-refractivity contribution is 5.67. The minimum atomic E-state index is -0.827. The van der Waals surface area contributed by atoms with Crippen molar-refractivity contribution in [3.63, 3.8) is 0 Å². The molecule has 0 unspecified atom stereocenters. The zero-order chi connectivity index (χ0) is 19.8. The number of ether oxygens (including phenoxy) is 1. The second-order valence-corrected chi connectivity index (χ2v) is 7.56. The molecule has 1 aromatic carbocycles. The Morgan fingerprint density at radius 1 is 1.25 bits per heavy atom. The number of rotatable bonds is 5. The molecule has 1 aliphatic rings. The summed E-state index contributed by atoms with van der Waals surface area (Å²) in [5.74, 6) is 6.24. The zero-order valence-electron chi connectivity index (χ0n) is 16.7. The SMILES string of the molecule is CC(=O)O[C@@](C)(C#CCN1CCCC[C@@H]1c1cccnc1)Cc1ccccc1. The first-order valence-electron chi connectivity index (χ1n) is 9.93. The van der Waals surface area contributed by atoms with E-state index in [-0.39, 0.29) is 5.97 Å². The van der Waals surface area contributed by atoms with Gasteiger partial charge in [0.05, 0.1) is 6.54 Å². The standard InChI is InChI=1S/C24H28N2O2/c1-20(27)28-24(2,18-21-10-4-3-5-11-21)14-9-17-26-16-7-6-13-23(26)22-12-8-15-25-19-22/h3-5,8,10-12,15,19,23H,6-7,13,16-18H2,1-2H3/t23-,24+/m1/s1. The van der Waals surface area contributed by atoms with Gasteiger partial charge in [-0.1, -0.05) is 54.7 Å². The number of carbonyl (C=O) groups is 1. The Morgan fingerprint density at radius 3 is 2.79 bits per heavy atom. The van der Waals surface area contributed by atoms with Crippen molar-refractivity contribution in [2.75, 3.05) is 13.1 Å². The second kappa shape index (κ2) is 9.52. The number of carbonyl (C=O) groups excluding carboxylic acids is 1. The van der Waals surface area contributed by atoms with E-state index in [4.69, 9.17) is 4.74 Å². The van der Waals surface area contributed by atoms with Gasteiger partial charge >= 0.3 is 5.97 Å². The molecule has 1 fully saturated rings. The molecule has 2 heterocycles. The van der Waals surface area contributed by atoms with Crippen LogP contribution in [0.1, 0.15) is 50.3 Å². The molecule has 2 atom stereocenters. The van der Waals surface area contributed by atoms with Crippen molar-refractivity contribution in [1.82, 2.24) is 9.88 Å². The summed E-state index contributed by atoms with van der Waals surface area (Å²) in [6.07, 6.45) is 7.87. The van der Waals surface area contributed by atoms with Crippen LogP contribution in [0.2, 0.25) is 0 Å². The van der Waals surface area contributed by atoms with E-state index in [0.717, 1.165) is 18.5 Å². The molecular weight excluding hydrogens is 348 g/mol. The lowest BCUT2D eigenvalue weighted by atomic mass is 9.95. The Balaban J connectivity index is 1.73. The van der Waals surface area contributed by atoms with Crippen molar-refractivity contribution in [2.24, 2.45) is 0 Å². The summed E-state index contributed by atoms with van der Waals surface area (Å²) < 4.78 is 5.60. The van der Waals surface area contributed by atoms with Crippen LogP contribution >= 0.6 is 0 Å². The second-order valence-electron chi connectivity index (χ2n) is 7.56. The van der Waals surface area contributed by atoms with E-state index in [2.05, 4.69) is 27.8 Å². The molecule has 0 N–H and O–H groups in total. The maximum atomic E-state index is 11.6. The molecule has 0 bridgehead atoms. The number of aromatic nitrogens is 1. The van der Waals surface area contributed by atoms with Gasteiger partial charge in [0, 0.05) is 31.8 Å². The largest absolute Gasteiger partial charge is 0.446 e. The maximum absolute atomic E-state index is 11.6. The Hall–Kier alpha value is -2.64. The van der Waals surface area contributed by atoms with E-state index < -0.39 is 5.60 Å². The Labute approximate surface area is 167 Å². The molecule has 0 amide bonds. The van der Waals surface area contributed by atoms with Crippen LogP contribution in [0.5, 0.6) is 0 Å². The first-order chi connectivity index (χ1) is 13.6. The number of hydrogen-bond acceptors (Lipinski definition) is 4. The summed E-state index contributed by atoms with van der Waals surface area (Å²) >= 11 is 0. The summed E-state index contributed by atoms with van der Waals surface area (Å²) in [6, 6.07) is 14.5. The molecule has 0 aliphatic carbocycles. The molecule has 0 radical (unpaired) electrons. The minimum Gasteiger partial charge on any atom is -0.446 e. The number of likely N-dealkylation sites (tertiary alicyclic amines) is 1. The molecule has 0 saturated carbocycles. The fraction of sp³-hybridized carbons (Fsp3) is 0.417. The highest BCUT2D eigenvalue weighted by Crippen LogP contribution is 2.29. The lowest BCUT2D eigenvalue weighted by Gasteiger charge is -2.34. The van der Waals surface area contributed by atoms with Crippen LogP contribution in [0.4, 0.5) is 0 Å². The number of hydrogen-bond donors (Lipinski definition) is 0. The van der Waals surface area contributed by atoms with Gasteiger partial charge in [-0.2, -0.15) is 0 Å². The predicted molar refractivity (Wildman–Crippen MR) is 110 cm³/mol. The lowest BCUT2D eigenvalue weighted by molar-refractivity contribution is -0.150. The zero-order valence-corrected chi connectivity index (χ0v) is 16.7. The van der Waals surface area contributed by atoms with Crippen molar-refractivity contribution in [3.8, 4) is 11.8 Å². The highest BCUT2D eigenvalue weighted by atomic mass is 16.6. The third-order valence-corrected chi connectivity index (χ3v) is 5.07. The normalized spacial score (nSPS) is 19.1. The van der Waals surface area contributed by atoms with E-state index in [1.165, 1.54) is 25.3 Å². The molecule has 3 rings (SSSR count). The molecule has 0 spiro atoms. The summed E-state index contributed by atoms with van der Waals surface area (Å²) in [5.41, 5.74) is 1.52. The smallest absolute Gasteiger partial charge is 0.304 e. The highest BCUT2D eigenvalue weighted by Gasteiger charge is 2.27. The number of nitrogens with zero attached hydrogens (tertiary/aromatic N) is 2. The van der Waals surface area contributed by atoms with Gasteiger partial charge in [-0.3, -0.25) is 14.7 Å². The van der Waals surface area contributed by atoms with Crippen LogP contribution in [-0.2, 0) is 16.0 Å². The van der Waals surface area contributed by atoms with Crippen LogP contribution in [0.25, 0.3) is 0 Å². The first kappa shape index (κ1) is 20.1. The summed E-state index contributed by atoms with van der Waals surface area (Å²) in [5, 5.41) is 0. The number of esters is 1. The van der Waals surface area contributed by atoms with Crippen LogP contribution in [-0.4, -0.2) is 34.5 Å². The molecule has 4 heteroatoms. The summed E-state index contributed by atoms with van der Waals surface area (Å²) in [4.78, 5) is 18.3. The van der Waals surface area contributed by atoms with E-state index in [0.29, 0.717) is 19.0 Å². The Kier molecular flexibility index (Phi) is 6.84. The maximum Gasteiger partial charge on any atom is 0.304 e. The van der Waals surface area contributed by atoms with Gasteiger partial charge in [0.2, 0.25) is 0 Å². The van der Waals surface area contributed by atoms with Crippen molar-refractivity contribution in [1.29, 1.82) is 0 Å². The molecule has 146 valence electrons. The van der Waals surface area contributed by atoms with E-state index >= 15 is 0 Å². The first-order valence-corrected chi connectivity index (χ1v) is 9.93. The van der Waals surface area contributed by atoms with E-state index in [9.17, 15) is 4.79 Å². The average Bonchev–Trinajstić information content (AvgIpc) is 2.69. The van der Waals surface area contributed by atoms with Gasteiger partial charge in [-0.25, -0.2) is 0 Å². The quantitative estimate of drug-likeness (QED) is 0.580. The van der Waals surface area contributed by atoms with Crippen LogP contribution in [0, 0.1) is 11.8 Å². The fourth-order valence-electron chi connectivity index (χ4n) is 3.87. The average molecular weight is 377 g/mol. The number of piperidine rings is 1. The van der Waals surface area contributed by atoms with Crippen molar-refractivity contribution >= 4 is 5.97 Å². The van der Waals surface area contributed by atoms with Crippen LogP contribution in [0.15, 0.2) is 54.9 Å². The number of pyridine rings is 1. The van der Waals surface area contributed by atoms with Crippen LogP contribution in [0.3, 0.4) is 0 Å². The third-order valence-electron chi connectivity index (χ3n) is 5.07. The topological polar surface area (TPSA) is 42.4 Å². The molecule has 28 heavy (non-hydrogen) atoms. The molecule has 2 aromatic rings. The van der Waals surface area contributed by atoms with Gasteiger partial charge in [-0.15, -0.1) is 0 Å². The molecule has 1 aromatic heterocycles. The predicted octanol–water partition coefficient (Wildman–Crippen LogP) is 4.18. The van der Waals surface area contributed by atoms with Crippen molar-refractivity contribution in [2.45, 2.75) is 51.2 Å². The fourth-order valence-corrected chi connectivity index (χ4v) is 3.87. The Bertz CT molecular complexity index is 826. The van der Waals surface area contributed by atoms with E-state index in [1.54, 1.807) is 0 Å². The third kappa shape index (κ3) is 5.68. The molecular formula is C24H28N2O2. The van der Waals surface area contributed by atoms with E-state index in [1.807, 2.05) is 55.7 Å². The van der Waals surface area contributed by atoms with Gasteiger partial charge in [0.15, 0.2) is 5.60 Å².